The summed E-state index contributed by atoms with van der Waals surface area (Å²) in [4.78, 5) is 43.6. The largest absolute Gasteiger partial charge is 0.806 e. The van der Waals surface area contributed by atoms with Gasteiger partial charge in [-0.2, -0.15) is 8.78 Å². The standard InChI is InChI=1S/C11H14F3N5O9P2/c12-3-5(20)6(10(21)28-30(25,26)11(13,14)29(22,23)24)27-9(3)19-2-18-4-7(15)16-1-17-8(4)19/h1-3,5-6,9-10,20-21H,(H,25,26)(H2,15,16,17)(H2,22,23,24)/p-3/t3-,5+,6+,9-,10?/m1/s1. The molecule has 3 heterocycles. The van der Waals surface area contributed by atoms with Crippen LogP contribution in [-0.4, -0.2) is 59.8 Å². The van der Waals surface area contributed by atoms with E-state index >= 15 is 0 Å². The molecule has 14 nitrogen and oxygen atoms in total. The fraction of sp³-hybridized carbons (Fsp3) is 0.545. The van der Waals surface area contributed by atoms with Gasteiger partial charge in [-0.1, -0.05) is 0 Å². The Labute approximate surface area is 163 Å². The Morgan fingerprint density at radius 1 is 1.30 bits per heavy atom. The number of alkyl halides is 3. The lowest BCUT2D eigenvalue weighted by molar-refractivity contribution is -0.332. The summed E-state index contributed by atoms with van der Waals surface area (Å²) >= 11 is 0. The average Bonchev–Trinajstić information content (AvgIpc) is 3.16. The molecule has 1 aliphatic rings. The van der Waals surface area contributed by atoms with Crippen molar-refractivity contribution in [2.24, 2.45) is 0 Å². The van der Waals surface area contributed by atoms with Crippen LogP contribution in [0.5, 0.6) is 0 Å². The monoisotopic (exact) mass is 476 g/mol. The molecule has 6 atom stereocenters. The van der Waals surface area contributed by atoms with Crippen molar-refractivity contribution in [3.8, 4) is 0 Å². The molecule has 3 rings (SSSR count). The number of anilines is 1. The third kappa shape index (κ3) is 3.62. The van der Waals surface area contributed by atoms with Crippen molar-refractivity contribution in [2.75, 3.05) is 5.73 Å². The van der Waals surface area contributed by atoms with E-state index in [-0.39, 0.29) is 17.0 Å². The van der Waals surface area contributed by atoms with E-state index in [1.807, 2.05) is 0 Å². The van der Waals surface area contributed by atoms with Crippen molar-refractivity contribution < 1.29 is 56.5 Å². The third-order valence-electron chi connectivity index (χ3n) is 4.08. The number of rotatable bonds is 6. The smallest absolute Gasteiger partial charge is 0.332 e. The molecular weight excluding hydrogens is 465 g/mol. The number of fused-ring (bicyclic) bond motifs is 1. The summed E-state index contributed by atoms with van der Waals surface area (Å²) in [6.45, 7) is 0. The Kier molecular flexibility index (Phi) is 5.73. The van der Waals surface area contributed by atoms with Gasteiger partial charge in [0.2, 0.25) is 7.60 Å². The fourth-order valence-electron chi connectivity index (χ4n) is 2.59. The molecule has 1 aliphatic heterocycles. The lowest BCUT2D eigenvalue weighted by Crippen LogP contribution is -2.42. The summed E-state index contributed by atoms with van der Waals surface area (Å²) in [6.07, 6.45) is -9.87. The molecule has 0 saturated carbocycles. The number of hydrogen-bond donors (Lipinski definition) is 3. The first-order valence-corrected chi connectivity index (χ1v) is 10.8. The molecule has 2 aromatic heterocycles. The molecule has 1 saturated heterocycles. The maximum absolute atomic E-state index is 14.5. The van der Waals surface area contributed by atoms with Crippen LogP contribution in [-0.2, 0) is 18.4 Å². The van der Waals surface area contributed by atoms with Crippen LogP contribution in [0.4, 0.5) is 19.0 Å². The van der Waals surface area contributed by atoms with Crippen molar-refractivity contribution in [2.45, 2.75) is 36.3 Å². The topological polar surface area (TPSA) is 232 Å². The minimum atomic E-state index is -7.05. The SMILES string of the molecule is Nc1ncnc2c1ncn2[C@@H]1O[C@H](C(O)OP(=O)([O-])C(F)(F)P(=O)([O-])[O-])[C@@H](O)[C@H]1F. The first-order chi connectivity index (χ1) is 13.7. The molecule has 30 heavy (non-hydrogen) atoms. The molecule has 4 N–H and O–H groups in total. The highest BCUT2D eigenvalue weighted by atomic mass is 31.2. The molecule has 0 aromatic carbocycles. The zero-order chi connectivity index (χ0) is 22.6. The minimum absolute atomic E-state index is 0.00776. The molecule has 0 radical (unpaired) electrons. The highest BCUT2D eigenvalue weighted by Crippen LogP contribution is 2.68. The second-order valence-electron chi connectivity index (χ2n) is 6.01. The lowest BCUT2D eigenvalue weighted by atomic mass is 10.1. The molecule has 2 unspecified atom stereocenters. The fourth-order valence-corrected chi connectivity index (χ4v) is 4.47. The number of aliphatic hydroxyl groups is 2. The van der Waals surface area contributed by atoms with Crippen molar-refractivity contribution >= 4 is 32.2 Å². The molecule has 168 valence electrons. The van der Waals surface area contributed by atoms with Gasteiger partial charge in [-0.05, 0) is 0 Å². The van der Waals surface area contributed by atoms with Gasteiger partial charge < -0.3 is 49.0 Å². The van der Waals surface area contributed by atoms with Gasteiger partial charge in [0.15, 0.2) is 30.2 Å². The van der Waals surface area contributed by atoms with Crippen molar-refractivity contribution in [1.82, 2.24) is 19.5 Å². The van der Waals surface area contributed by atoms with Crippen molar-refractivity contribution in [1.29, 1.82) is 0 Å². The van der Waals surface area contributed by atoms with Gasteiger partial charge in [0.05, 0.1) is 6.33 Å². The molecule has 0 amide bonds. The molecule has 0 spiro atoms. The summed E-state index contributed by atoms with van der Waals surface area (Å²) in [5.41, 5.74) is 5.49. The first-order valence-electron chi connectivity index (χ1n) is 7.67. The summed E-state index contributed by atoms with van der Waals surface area (Å²) in [7, 11) is -13.9. The van der Waals surface area contributed by atoms with Crippen LogP contribution in [0.3, 0.4) is 0 Å². The maximum Gasteiger partial charge on any atom is 0.332 e. The van der Waals surface area contributed by atoms with Crippen LogP contribution in [0.25, 0.3) is 11.2 Å². The van der Waals surface area contributed by atoms with E-state index in [2.05, 4.69) is 19.5 Å². The average molecular weight is 476 g/mol. The zero-order valence-corrected chi connectivity index (χ0v) is 16.0. The summed E-state index contributed by atoms with van der Waals surface area (Å²) < 4.78 is 72.6. The first kappa shape index (κ1) is 23.0. The number of aliphatic hydroxyl groups excluding tert-OH is 2. The number of nitrogens with two attached hydrogens (primary N) is 1. The number of imidazole rings is 1. The Bertz CT molecular complexity index is 1050. The molecule has 19 heteroatoms. The third-order valence-corrected chi connectivity index (χ3v) is 7.36. The predicted octanol–water partition coefficient (Wildman–Crippen LogP) is -2.64. The van der Waals surface area contributed by atoms with Crippen LogP contribution in [0.2, 0.25) is 0 Å². The molecule has 1 fully saturated rings. The van der Waals surface area contributed by atoms with Crippen LogP contribution in [0.1, 0.15) is 6.23 Å². The van der Waals surface area contributed by atoms with Gasteiger partial charge in [0.1, 0.15) is 24.1 Å². The summed E-state index contributed by atoms with van der Waals surface area (Å²) in [6, 6.07) is 0. The van der Waals surface area contributed by atoms with Gasteiger partial charge in [-0.3, -0.25) is 4.57 Å². The molecule has 0 bridgehead atoms. The van der Waals surface area contributed by atoms with Crippen molar-refractivity contribution in [3.63, 3.8) is 0 Å². The second kappa shape index (κ2) is 7.47. The second-order valence-corrected chi connectivity index (χ2v) is 9.69. The summed E-state index contributed by atoms with van der Waals surface area (Å²) in [5, 5.41) is 13.7. The van der Waals surface area contributed by atoms with Crippen LogP contribution < -0.4 is 20.4 Å². The van der Waals surface area contributed by atoms with Gasteiger partial charge in [0, 0.05) is 7.60 Å². The van der Waals surface area contributed by atoms with Gasteiger partial charge in [-0.15, -0.1) is 0 Å². The molecular formula is C11H11F3N5O9P2-3. The Hall–Kier alpha value is -1.68. The highest BCUT2D eigenvalue weighted by Gasteiger charge is 2.53. The van der Waals surface area contributed by atoms with Gasteiger partial charge in [0.25, 0.3) is 0 Å². The van der Waals surface area contributed by atoms with E-state index in [0.29, 0.717) is 0 Å². The van der Waals surface area contributed by atoms with Gasteiger partial charge >= 0.3 is 5.40 Å². The minimum Gasteiger partial charge on any atom is -0.806 e. The van der Waals surface area contributed by atoms with E-state index in [4.69, 9.17) is 10.5 Å². The maximum atomic E-state index is 14.5. The Morgan fingerprint density at radius 2 is 1.93 bits per heavy atom. The summed E-state index contributed by atoms with van der Waals surface area (Å²) in [5.74, 6) is -0.0956. The number of nitrogens with zero attached hydrogens (tertiary/aromatic N) is 4. The number of aromatic nitrogens is 4. The number of halogens is 3. The number of nitrogen functional groups attached to an aromatic ring is 1. The van der Waals surface area contributed by atoms with E-state index in [9.17, 15) is 47.2 Å². The number of hydrogen-bond acceptors (Lipinski definition) is 13. The van der Waals surface area contributed by atoms with Crippen LogP contribution >= 0.6 is 15.2 Å². The molecule has 2 aromatic rings. The van der Waals surface area contributed by atoms with E-state index in [1.165, 1.54) is 0 Å². The predicted molar refractivity (Wildman–Crippen MR) is 81.8 cm³/mol. The van der Waals surface area contributed by atoms with Crippen LogP contribution in [0, 0.1) is 0 Å². The Morgan fingerprint density at radius 3 is 2.53 bits per heavy atom. The highest BCUT2D eigenvalue weighted by molar-refractivity contribution is 7.70. The van der Waals surface area contributed by atoms with Crippen molar-refractivity contribution in [3.05, 3.63) is 12.7 Å². The normalized spacial score (nSPS) is 28.5. The lowest BCUT2D eigenvalue weighted by Gasteiger charge is -2.44. The zero-order valence-electron chi connectivity index (χ0n) is 14.2. The quantitative estimate of drug-likeness (QED) is 0.286. The van der Waals surface area contributed by atoms with E-state index in [0.717, 1.165) is 17.2 Å². The Balaban J connectivity index is 1.85. The number of ether oxygens (including phenoxy) is 1. The van der Waals surface area contributed by atoms with Crippen LogP contribution in [0.15, 0.2) is 12.7 Å². The van der Waals surface area contributed by atoms with E-state index < -0.39 is 51.5 Å². The van der Waals surface area contributed by atoms with Gasteiger partial charge in [-0.25, -0.2) is 19.3 Å². The van der Waals surface area contributed by atoms with E-state index in [1.54, 1.807) is 0 Å². The molecule has 0 aliphatic carbocycles.